The van der Waals surface area contributed by atoms with Gasteiger partial charge in [0.25, 0.3) is 0 Å². The van der Waals surface area contributed by atoms with Crippen molar-refractivity contribution in [2.24, 2.45) is 0 Å². The third-order valence-corrected chi connectivity index (χ3v) is 4.13. The molecule has 0 atom stereocenters. The highest BCUT2D eigenvalue weighted by Crippen LogP contribution is 2.36. The normalized spacial score (nSPS) is 11.8. The molecule has 0 spiro atoms. The first-order chi connectivity index (χ1) is 12.4. The smallest absolute Gasteiger partial charge is 0.197 e. The van der Waals surface area contributed by atoms with Gasteiger partial charge in [0.15, 0.2) is 5.43 Å². The average Bonchev–Trinajstić information content (AvgIpc) is 2.61. The van der Waals surface area contributed by atoms with Crippen molar-refractivity contribution in [3.05, 3.63) is 63.8 Å². The van der Waals surface area contributed by atoms with E-state index in [2.05, 4.69) is 0 Å². The zero-order valence-corrected chi connectivity index (χ0v) is 14.1. The number of benzene rings is 2. The number of aromatic hydroxyl groups is 3. The maximum Gasteiger partial charge on any atom is 0.197 e. The predicted molar refractivity (Wildman–Crippen MR) is 97.5 cm³/mol. The number of phenolic OH excluding ortho intramolecular Hbond substituents is 3. The molecule has 0 radical (unpaired) electrons. The van der Waals surface area contributed by atoms with Gasteiger partial charge in [0.05, 0.1) is 6.61 Å². The van der Waals surface area contributed by atoms with Crippen LogP contribution in [0.1, 0.15) is 12.5 Å². The van der Waals surface area contributed by atoms with Gasteiger partial charge in [-0.05, 0) is 37.6 Å². The van der Waals surface area contributed by atoms with Crippen molar-refractivity contribution in [3.8, 4) is 28.6 Å². The van der Waals surface area contributed by atoms with Gasteiger partial charge in [-0.15, -0.1) is 0 Å². The quantitative estimate of drug-likeness (QED) is 0.536. The number of hydrogen-bond acceptors (Lipinski definition) is 6. The van der Waals surface area contributed by atoms with Gasteiger partial charge >= 0.3 is 0 Å². The number of aliphatic hydroxyl groups excluding tert-OH is 1. The summed E-state index contributed by atoms with van der Waals surface area (Å²) < 4.78 is 5.67. The Kier molecular flexibility index (Phi) is 4.69. The molecule has 4 N–H and O–H groups in total. The molecule has 0 fully saturated rings. The Hall–Kier alpha value is -3.25. The first-order valence-corrected chi connectivity index (χ1v) is 7.98. The average molecular weight is 354 g/mol. The SMILES string of the molecule is CC(=CCc1c(O)cc2oc(-c3ccc(O)cc3)cc(=O)c2c1O)CO. The van der Waals surface area contributed by atoms with Crippen LogP contribution < -0.4 is 5.43 Å². The number of fused-ring (bicyclic) bond motifs is 1. The third-order valence-electron chi connectivity index (χ3n) is 4.13. The zero-order chi connectivity index (χ0) is 18.8. The van der Waals surface area contributed by atoms with E-state index in [0.29, 0.717) is 11.1 Å². The fourth-order valence-corrected chi connectivity index (χ4v) is 2.64. The van der Waals surface area contributed by atoms with Crippen LogP contribution in [0.2, 0.25) is 0 Å². The summed E-state index contributed by atoms with van der Waals surface area (Å²) in [5.41, 5.74) is 1.05. The standard InChI is InChI=1S/C20H18O6/c1-11(10-21)2-7-14-15(23)8-18-19(20(14)25)16(24)9-17(26-18)12-3-5-13(22)6-4-12/h2-6,8-9,21-23,25H,7,10H2,1H3. The van der Waals surface area contributed by atoms with E-state index in [1.165, 1.54) is 24.3 Å². The van der Waals surface area contributed by atoms with E-state index in [4.69, 9.17) is 9.52 Å². The van der Waals surface area contributed by atoms with Crippen LogP contribution >= 0.6 is 0 Å². The van der Waals surface area contributed by atoms with Crippen LogP contribution in [0, 0.1) is 0 Å². The highest BCUT2D eigenvalue weighted by atomic mass is 16.3. The van der Waals surface area contributed by atoms with Crippen LogP contribution in [0.4, 0.5) is 0 Å². The van der Waals surface area contributed by atoms with E-state index < -0.39 is 5.43 Å². The summed E-state index contributed by atoms with van der Waals surface area (Å²) in [7, 11) is 0. The molecule has 1 aromatic heterocycles. The van der Waals surface area contributed by atoms with Gasteiger partial charge in [-0.1, -0.05) is 11.6 Å². The second-order valence-corrected chi connectivity index (χ2v) is 6.03. The van der Waals surface area contributed by atoms with Gasteiger partial charge in [-0.3, -0.25) is 4.79 Å². The summed E-state index contributed by atoms with van der Waals surface area (Å²) in [6.07, 6.45) is 1.83. The molecule has 2 aromatic carbocycles. The molecular weight excluding hydrogens is 336 g/mol. The van der Waals surface area contributed by atoms with E-state index in [1.807, 2.05) is 0 Å². The molecule has 3 aromatic rings. The summed E-state index contributed by atoms with van der Waals surface area (Å²) in [4.78, 5) is 12.5. The maximum absolute atomic E-state index is 12.5. The van der Waals surface area contributed by atoms with Crippen LogP contribution in [0.5, 0.6) is 17.2 Å². The van der Waals surface area contributed by atoms with Crippen molar-refractivity contribution in [2.45, 2.75) is 13.3 Å². The number of hydrogen-bond donors (Lipinski definition) is 4. The molecule has 26 heavy (non-hydrogen) atoms. The predicted octanol–water partition coefficient (Wildman–Crippen LogP) is 3.06. The topological polar surface area (TPSA) is 111 Å². The van der Waals surface area contributed by atoms with Crippen molar-refractivity contribution >= 4 is 11.0 Å². The number of rotatable bonds is 4. The van der Waals surface area contributed by atoms with Gasteiger partial charge in [-0.25, -0.2) is 0 Å². The zero-order valence-electron chi connectivity index (χ0n) is 14.1. The first kappa shape index (κ1) is 17.6. The molecule has 6 nitrogen and oxygen atoms in total. The molecule has 0 aliphatic rings. The lowest BCUT2D eigenvalue weighted by molar-refractivity contribution is 0.331. The van der Waals surface area contributed by atoms with Crippen LogP contribution in [0.15, 0.2) is 57.3 Å². The lowest BCUT2D eigenvalue weighted by atomic mass is 10.0. The molecule has 0 saturated heterocycles. The molecular formula is C20H18O6. The number of allylic oxidation sites excluding steroid dienone is 1. The van der Waals surface area contributed by atoms with Crippen LogP contribution in [0.25, 0.3) is 22.3 Å². The highest BCUT2D eigenvalue weighted by molar-refractivity contribution is 5.88. The molecule has 0 aliphatic heterocycles. The molecule has 3 rings (SSSR count). The molecule has 1 heterocycles. The fourth-order valence-electron chi connectivity index (χ4n) is 2.64. The van der Waals surface area contributed by atoms with Crippen LogP contribution in [-0.2, 0) is 6.42 Å². The summed E-state index contributed by atoms with van der Waals surface area (Å²) in [6, 6.07) is 8.66. The minimum absolute atomic E-state index is 0.0182. The Morgan fingerprint density at radius 1 is 1.12 bits per heavy atom. The van der Waals surface area contributed by atoms with Gasteiger partial charge < -0.3 is 24.8 Å². The Morgan fingerprint density at radius 2 is 1.81 bits per heavy atom. The molecule has 6 heteroatoms. The van der Waals surface area contributed by atoms with E-state index >= 15 is 0 Å². The van der Waals surface area contributed by atoms with Crippen molar-refractivity contribution in [2.75, 3.05) is 6.61 Å². The second kappa shape index (κ2) is 6.93. The molecule has 0 bridgehead atoms. The summed E-state index contributed by atoms with van der Waals surface area (Å²) in [6.45, 7) is 1.58. The van der Waals surface area contributed by atoms with Crippen LogP contribution in [-0.4, -0.2) is 27.0 Å². The Bertz CT molecular complexity index is 1040. The largest absolute Gasteiger partial charge is 0.508 e. The minimum atomic E-state index is -0.448. The van der Waals surface area contributed by atoms with E-state index in [-0.39, 0.29) is 52.6 Å². The minimum Gasteiger partial charge on any atom is -0.508 e. The molecule has 134 valence electrons. The second-order valence-electron chi connectivity index (χ2n) is 6.03. The summed E-state index contributed by atoms with van der Waals surface area (Å²) in [5, 5.41) is 39.1. The van der Waals surface area contributed by atoms with Gasteiger partial charge in [0.2, 0.25) is 0 Å². The first-order valence-electron chi connectivity index (χ1n) is 7.98. The van der Waals surface area contributed by atoms with Crippen LogP contribution in [0.3, 0.4) is 0 Å². The molecule has 0 saturated carbocycles. The number of aliphatic hydroxyl groups is 1. The lowest BCUT2D eigenvalue weighted by Crippen LogP contribution is -2.02. The van der Waals surface area contributed by atoms with Gasteiger partial charge in [0.1, 0.15) is 34.0 Å². The monoisotopic (exact) mass is 354 g/mol. The van der Waals surface area contributed by atoms with Crippen molar-refractivity contribution < 1.29 is 24.8 Å². The van der Waals surface area contributed by atoms with Gasteiger partial charge in [0, 0.05) is 23.3 Å². The Balaban J connectivity index is 2.15. The summed E-state index contributed by atoms with van der Waals surface area (Å²) in [5.74, 6) is -0.205. The molecule has 0 unspecified atom stereocenters. The molecule has 0 amide bonds. The van der Waals surface area contributed by atoms with E-state index in [1.54, 1.807) is 25.1 Å². The highest BCUT2D eigenvalue weighted by Gasteiger charge is 2.17. The van der Waals surface area contributed by atoms with Gasteiger partial charge in [-0.2, -0.15) is 0 Å². The van der Waals surface area contributed by atoms with E-state index in [9.17, 15) is 20.1 Å². The van der Waals surface area contributed by atoms with E-state index in [0.717, 1.165) is 0 Å². The molecule has 0 aliphatic carbocycles. The van der Waals surface area contributed by atoms with Crippen molar-refractivity contribution in [3.63, 3.8) is 0 Å². The maximum atomic E-state index is 12.5. The summed E-state index contributed by atoms with van der Waals surface area (Å²) >= 11 is 0. The fraction of sp³-hybridized carbons (Fsp3) is 0.150. The Labute approximate surface area is 148 Å². The lowest BCUT2D eigenvalue weighted by Gasteiger charge is -2.10. The Morgan fingerprint density at radius 3 is 2.46 bits per heavy atom. The third kappa shape index (κ3) is 3.27. The van der Waals surface area contributed by atoms with Crippen molar-refractivity contribution in [1.82, 2.24) is 0 Å². The van der Waals surface area contributed by atoms with Crippen molar-refractivity contribution in [1.29, 1.82) is 0 Å². The number of phenols is 3.